The van der Waals surface area contributed by atoms with Crippen LogP contribution in [0.15, 0.2) is 18.5 Å². The smallest absolute Gasteiger partial charge is 0.358 e. The number of rotatable bonds is 4. The molecule has 0 aliphatic rings. The monoisotopic (exact) mass is 277 g/mol. The minimum Gasteiger partial charge on any atom is -0.461 e. The van der Waals surface area contributed by atoms with Crippen LogP contribution in [0.2, 0.25) is 0 Å². The van der Waals surface area contributed by atoms with Gasteiger partial charge in [-0.25, -0.2) is 9.78 Å². The summed E-state index contributed by atoms with van der Waals surface area (Å²) in [5, 5.41) is 3.80. The molecule has 0 aliphatic heterocycles. The highest BCUT2D eigenvalue weighted by Crippen LogP contribution is 2.25. The Morgan fingerprint density at radius 2 is 2.21 bits per heavy atom. The van der Waals surface area contributed by atoms with Crippen molar-refractivity contribution in [3.63, 3.8) is 0 Å². The van der Waals surface area contributed by atoms with E-state index in [-0.39, 0.29) is 5.97 Å². The van der Waals surface area contributed by atoms with Gasteiger partial charge in [-0.1, -0.05) is 0 Å². The van der Waals surface area contributed by atoms with Crippen LogP contribution in [0.25, 0.3) is 0 Å². The van der Waals surface area contributed by atoms with Gasteiger partial charge in [0.15, 0.2) is 10.8 Å². The molecule has 2 rings (SSSR count). The second-order valence-electron chi connectivity index (χ2n) is 4.02. The Morgan fingerprint density at radius 3 is 2.89 bits per heavy atom. The van der Waals surface area contributed by atoms with Gasteiger partial charge in [-0.2, -0.15) is 0 Å². The largest absolute Gasteiger partial charge is 0.461 e. The molecule has 6 heteroatoms. The first-order chi connectivity index (χ1) is 9.10. The highest BCUT2D eigenvalue weighted by Gasteiger charge is 2.16. The Balaban J connectivity index is 2.18. The number of aryl methyl sites for hydroxylation is 2. The summed E-state index contributed by atoms with van der Waals surface area (Å²) < 4.78 is 4.96. The van der Waals surface area contributed by atoms with E-state index in [9.17, 15) is 4.79 Å². The molecule has 0 spiro atoms. The highest BCUT2D eigenvalue weighted by atomic mass is 32.1. The van der Waals surface area contributed by atoms with E-state index in [2.05, 4.69) is 15.3 Å². The lowest BCUT2D eigenvalue weighted by Crippen LogP contribution is -2.06. The summed E-state index contributed by atoms with van der Waals surface area (Å²) in [6.07, 6.45) is 3.50. The third-order valence-corrected chi connectivity index (χ3v) is 3.28. The molecule has 0 aliphatic carbocycles. The first kappa shape index (κ1) is 13.5. The van der Waals surface area contributed by atoms with Crippen LogP contribution in [0.3, 0.4) is 0 Å². The topological polar surface area (TPSA) is 64.1 Å². The van der Waals surface area contributed by atoms with E-state index in [1.54, 1.807) is 19.3 Å². The number of pyridine rings is 1. The summed E-state index contributed by atoms with van der Waals surface area (Å²) in [4.78, 5) is 20.9. The molecular weight excluding hydrogens is 262 g/mol. The molecule has 2 aromatic rings. The number of ether oxygens (including phenoxy) is 1. The van der Waals surface area contributed by atoms with Crippen molar-refractivity contribution >= 4 is 28.1 Å². The van der Waals surface area contributed by atoms with Gasteiger partial charge in [0.25, 0.3) is 0 Å². The van der Waals surface area contributed by atoms with Gasteiger partial charge in [0.1, 0.15) is 0 Å². The quantitative estimate of drug-likeness (QED) is 0.870. The van der Waals surface area contributed by atoms with E-state index in [0.29, 0.717) is 17.4 Å². The molecule has 0 saturated heterocycles. The Bertz CT molecular complexity index is 595. The van der Waals surface area contributed by atoms with Gasteiger partial charge >= 0.3 is 5.97 Å². The third kappa shape index (κ3) is 3.29. The Labute approximate surface area is 115 Å². The fraction of sp³-hybridized carbons (Fsp3) is 0.308. The summed E-state index contributed by atoms with van der Waals surface area (Å²) in [5.41, 5.74) is 2.28. The summed E-state index contributed by atoms with van der Waals surface area (Å²) in [7, 11) is 0. The van der Waals surface area contributed by atoms with Crippen LogP contribution in [0.4, 0.5) is 10.8 Å². The number of nitrogens with zero attached hydrogens (tertiary/aromatic N) is 2. The summed E-state index contributed by atoms with van der Waals surface area (Å²) in [6.45, 7) is 5.94. The highest BCUT2D eigenvalue weighted by molar-refractivity contribution is 7.15. The van der Waals surface area contributed by atoms with Gasteiger partial charge < -0.3 is 10.1 Å². The predicted octanol–water partition coefficient (Wildman–Crippen LogP) is 3.08. The van der Waals surface area contributed by atoms with Crippen LogP contribution >= 0.6 is 11.3 Å². The molecule has 19 heavy (non-hydrogen) atoms. The first-order valence-electron chi connectivity index (χ1n) is 5.93. The Kier molecular flexibility index (Phi) is 4.11. The number of hydrogen-bond acceptors (Lipinski definition) is 6. The summed E-state index contributed by atoms with van der Waals surface area (Å²) in [5.74, 6) is -0.383. The molecule has 2 aromatic heterocycles. The van der Waals surface area contributed by atoms with E-state index in [1.165, 1.54) is 11.3 Å². The maximum absolute atomic E-state index is 11.7. The number of carbonyl (C=O) groups is 1. The van der Waals surface area contributed by atoms with Crippen molar-refractivity contribution in [2.75, 3.05) is 11.9 Å². The number of hydrogen-bond donors (Lipinski definition) is 1. The van der Waals surface area contributed by atoms with E-state index < -0.39 is 0 Å². The molecule has 0 amide bonds. The average molecular weight is 277 g/mol. The minimum absolute atomic E-state index is 0.348. The molecule has 0 fully saturated rings. The number of nitrogens with one attached hydrogen (secondary N) is 1. The zero-order valence-electron chi connectivity index (χ0n) is 11.1. The number of carbonyl (C=O) groups excluding carboxylic acids is 1. The number of thiazole rings is 1. The number of aromatic nitrogens is 2. The lowest BCUT2D eigenvalue weighted by Gasteiger charge is -2.02. The third-order valence-electron chi connectivity index (χ3n) is 2.39. The number of anilines is 2. The SMILES string of the molecule is CCOC(=O)c1nc(Nc2cncc(C)c2)sc1C. The average Bonchev–Trinajstić information content (AvgIpc) is 2.70. The van der Waals surface area contributed by atoms with Crippen LogP contribution in [0.1, 0.15) is 27.9 Å². The van der Waals surface area contributed by atoms with Gasteiger partial charge in [-0.15, -0.1) is 11.3 Å². The van der Waals surface area contributed by atoms with E-state index in [4.69, 9.17) is 4.74 Å². The zero-order chi connectivity index (χ0) is 13.8. The van der Waals surface area contributed by atoms with E-state index in [0.717, 1.165) is 16.1 Å². The van der Waals surface area contributed by atoms with Crippen LogP contribution in [0, 0.1) is 13.8 Å². The van der Waals surface area contributed by atoms with Crippen LogP contribution in [0.5, 0.6) is 0 Å². The Hall–Kier alpha value is -1.95. The lowest BCUT2D eigenvalue weighted by atomic mass is 10.3. The maximum Gasteiger partial charge on any atom is 0.358 e. The molecule has 0 aromatic carbocycles. The molecule has 0 saturated carbocycles. The molecule has 1 N–H and O–H groups in total. The van der Waals surface area contributed by atoms with Crippen molar-refractivity contribution in [3.8, 4) is 0 Å². The summed E-state index contributed by atoms with van der Waals surface area (Å²) in [6, 6.07) is 1.97. The van der Waals surface area contributed by atoms with Gasteiger partial charge in [0.2, 0.25) is 0 Å². The zero-order valence-corrected chi connectivity index (χ0v) is 11.9. The molecule has 0 atom stereocenters. The van der Waals surface area contributed by atoms with E-state index in [1.807, 2.05) is 19.9 Å². The van der Waals surface area contributed by atoms with E-state index >= 15 is 0 Å². The summed E-state index contributed by atoms with van der Waals surface area (Å²) >= 11 is 1.42. The molecule has 100 valence electrons. The lowest BCUT2D eigenvalue weighted by molar-refractivity contribution is 0.0519. The normalized spacial score (nSPS) is 10.3. The molecule has 0 bridgehead atoms. The van der Waals surface area contributed by atoms with Gasteiger partial charge in [-0.05, 0) is 32.4 Å². The predicted molar refractivity (Wildman–Crippen MR) is 75.1 cm³/mol. The molecule has 0 unspecified atom stereocenters. The van der Waals surface area contributed by atoms with Crippen molar-refractivity contribution in [2.45, 2.75) is 20.8 Å². The fourth-order valence-corrected chi connectivity index (χ4v) is 2.41. The Morgan fingerprint density at radius 1 is 1.42 bits per heavy atom. The van der Waals surface area contributed by atoms with Crippen molar-refractivity contribution in [1.29, 1.82) is 0 Å². The molecule has 2 heterocycles. The molecule has 5 nitrogen and oxygen atoms in total. The van der Waals surface area contributed by atoms with Crippen LogP contribution in [-0.2, 0) is 4.74 Å². The van der Waals surface area contributed by atoms with Gasteiger partial charge in [0, 0.05) is 11.1 Å². The van der Waals surface area contributed by atoms with Crippen LogP contribution in [-0.4, -0.2) is 22.5 Å². The maximum atomic E-state index is 11.7. The van der Waals surface area contributed by atoms with Crippen molar-refractivity contribution in [3.05, 3.63) is 34.6 Å². The fourth-order valence-electron chi connectivity index (χ4n) is 1.59. The van der Waals surface area contributed by atoms with Crippen molar-refractivity contribution < 1.29 is 9.53 Å². The molecule has 0 radical (unpaired) electrons. The first-order valence-corrected chi connectivity index (χ1v) is 6.75. The van der Waals surface area contributed by atoms with Crippen molar-refractivity contribution in [2.24, 2.45) is 0 Å². The minimum atomic E-state index is -0.383. The van der Waals surface area contributed by atoms with Gasteiger partial charge in [-0.3, -0.25) is 4.98 Å². The number of esters is 1. The second-order valence-corrected chi connectivity index (χ2v) is 5.22. The van der Waals surface area contributed by atoms with Gasteiger partial charge in [0.05, 0.1) is 18.5 Å². The molecular formula is C13H15N3O2S. The standard InChI is InChI=1S/C13H15N3O2S/c1-4-18-12(17)11-9(3)19-13(16-11)15-10-5-8(2)6-14-7-10/h5-7H,4H2,1-3H3,(H,15,16). The second kappa shape index (κ2) is 5.79. The van der Waals surface area contributed by atoms with Crippen LogP contribution < -0.4 is 5.32 Å². The van der Waals surface area contributed by atoms with Crippen molar-refractivity contribution in [1.82, 2.24) is 9.97 Å².